The normalized spacial score (nSPS) is 15.0. The van der Waals surface area contributed by atoms with Crippen LogP contribution in [0.15, 0.2) is 48.5 Å². The highest BCUT2D eigenvalue weighted by Gasteiger charge is 2.28. The molecule has 1 aliphatic carbocycles. The molecule has 0 saturated heterocycles. The lowest BCUT2D eigenvalue weighted by Gasteiger charge is -2.31. The summed E-state index contributed by atoms with van der Waals surface area (Å²) in [4.78, 5) is 27.6. The summed E-state index contributed by atoms with van der Waals surface area (Å²) in [6.07, 6.45) is 5.35. The van der Waals surface area contributed by atoms with Gasteiger partial charge in [0.05, 0.1) is 7.11 Å². The molecule has 2 aromatic carbocycles. The molecule has 7 heteroatoms. The summed E-state index contributed by atoms with van der Waals surface area (Å²) in [6, 6.07) is 12.4. The Morgan fingerprint density at radius 3 is 2.50 bits per heavy atom. The van der Waals surface area contributed by atoms with Crippen molar-refractivity contribution in [2.75, 3.05) is 13.7 Å². The van der Waals surface area contributed by atoms with Crippen molar-refractivity contribution in [3.63, 3.8) is 0 Å². The van der Waals surface area contributed by atoms with E-state index in [2.05, 4.69) is 5.32 Å². The van der Waals surface area contributed by atoms with E-state index in [1.54, 1.807) is 14.0 Å². The van der Waals surface area contributed by atoms with Crippen molar-refractivity contribution < 1.29 is 23.5 Å². The molecule has 0 spiro atoms. The lowest BCUT2D eigenvalue weighted by molar-refractivity contribution is -0.142. The molecule has 1 atom stereocenters. The zero-order valence-electron chi connectivity index (χ0n) is 18.7. The van der Waals surface area contributed by atoms with Gasteiger partial charge in [-0.05, 0) is 61.7 Å². The van der Waals surface area contributed by atoms with E-state index in [1.807, 2.05) is 24.3 Å². The number of hydrogen-bond acceptors (Lipinski definition) is 4. The smallest absolute Gasteiger partial charge is 0.261 e. The van der Waals surface area contributed by atoms with E-state index in [-0.39, 0.29) is 36.8 Å². The highest BCUT2D eigenvalue weighted by molar-refractivity contribution is 5.88. The SMILES string of the molecule is COc1cccc(CN(C(=O)COc2ccc(F)cc2)C(C)C(=O)NC2CCCCC2)c1. The van der Waals surface area contributed by atoms with Gasteiger partial charge in [-0.15, -0.1) is 0 Å². The van der Waals surface area contributed by atoms with E-state index < -0.39 is 6.04 Å². The standard InChI is InChI=1S/C25H31FN2O4/c1-18(25(30)27-21-8-4-3-5-9-21)28(16-19-7-6-10-23(15-19)31-2)24(29)17-32-22-13-11-20(26)12-14-22/h6-7,10-15,18,21H,3-5,8-9,16-17H2,1-2H3,(H,27,30). The predicted octanol–water partition coefficient (Wildman–Crippen LogP) is 4.08. The van der Waals surface area contributed by atoms with E-state index in [0.717, 1.165) is 31.2 Å². The summed E-state index contributed by atoms with van der Waals surface area (Å²) >= 11 is 0. The zero-order valence-corrected chi connectivity index (χ0v) is 18.7. The molecule has 1 fully saturated rings. The molecule has 1 saturated carbocycles. The Bertz CT molecular complexity index is 897. The third kappa shape index (κ3) is 6.70. The van der Waals surface area contributed by atoms with Crippen LogP contribution in [0.25, 0.3) is 0 Å². The Labute approximate surface area is 188 Å². The molecule has 2 aromatic rings. The quantitative estimate of drug-likeness (QED) is 0.636. The molecule has 6 nitrogen and oxygen atoms in total. The van der Waals surface area contributed by atoms with Crippen molar-refractivity contribution in [2.24, 2.45) is 0 Å². The Balaban J connectivity index is 1.71. The number of ether oxygens (including phenoxy) is 2. The largest absolute Gasteiger partial charge is 0.497 e. The first-order valence-electron chi connectivity index (χ1n) is 11.1. The van der Waals surface area contributed by atoms with Gasteiger partial charge in [0.2, 0.25) is 5.91 Å². The van der Waals surface area contributed by atoms with Gasteiger partial charge in [-0.25, -0.2) is 4.39 Å². The van der Waals surface area contributed by atoms with Crippen LogP contribution in [-0.2, 0) is 16.1 Å². The number of nitrogens with zero attached hydrogens (tertiary/aromatic N) is 1. The number of nitrogens with one attached hydrogen (secondary N) is 1. The third-order valence-corrected chi connectivity index (χ3v) is 5.78. The van der Waals surface area contributed by atoms with Crippen LogP contribution in [0.4, 0.5) is 4.39 Å². The lowest BCUT2D eigenvalue weighted by Crippen LogP contribution is -2.51. The molecule has 2 amide bonds. The fourth-order valence-corrected chi connectivity index (χ4v) is 3.88. The molecule has 0 heterocycles. The molecule has 1 aliphatic rings. The summed E-state index contributed by atoms with van der Waals surface area (Å²) in [6.45, 7) is 1.72. The summed E-state index contributed by atoms with van der Waals surface area (Å²) in [7, 11) is 1.58. The van der Waals surface area contributed by atoms with Crippen molar-refractivity contribution >= 4 is 11.8 Å². The maximum Gasteiger partial charge on any atom is 0.261 e. The van der Waals surface area contributed by atoms with Crippen LogP contribution in [0.5, 0.6) is 11.5 Å². The van der Waals surface area contributed by atoms with Gasteiger partial charge in [-0.3, -0.25) is 9.59 Å². The molecule has 0 bridgehead atoms. The fraction of sp³-hybridized carbons (Fsp3) is 0.440. The Morgan fingerprint density at radius 1 is 1.09 bits per heavy atom. The van der Waals surface area contributed by atoms with Gasteiger partial charge in [0.1, 0.15) is 23.4 Å². The van der Waals surface area contributed by atoms with E-state index >= 15 is 0 Å². The van der Waals surface area contributed by atoms with E-state index in [1.165, 1.54) is 35.6 Å². The zero-order chi connectivity index (χ0) is 22.9. The molecule has 1 unspecified atom stereocenters. The monoisotopic (exact) mass is 442 g/mol. The first-order chi connectivity index (χ1) is 15.5. The average Bonchev–Trinajstić information content (AvgIpc) is 2.82. The number of hydrogen-bond donors (Lipinski definition) is 1. The minimum atomic E-state index is -0.674. The number of carbonyl (C=O) groups is 2. The fourth-order valence-electron chi connectivity index (χ4n) is 3.88. The van der Waals surface area contributed by atoms with Gasteiger partial charge in [-0.2, -0.15) is 0 Å². The number of methoxy groups -OCH3 is 1. The third-order valence-electron chi connectivity index (χ3n) is 5.78. The van der Waals surface area contributed by atoms with Gasteiger partial charge in [-0.1, -0.05) is 31.4 Å². The number of rotatable bonds is 9. The molecule has 1 N–H and O–H groups in total. The lowest BCUT2D eigenvalue weighted by atomic mass is 9.95. The van der Waals surface area contributed by atoms with Crippen molar-refractivity contribution in [3.05, 3.63) is 59.9 Å². The van der Waals surface area contributed by atoms with Crippen molar-refractivity contribution in [2.45, 2.75) is 57.7 Å². The van der Waals surface area contributed by atoms with Gasteiger partial charge in [0, 0.05) is 12.6 Å². The van der Waals surface area contributed by atoms with Gasteiger partial charge in [0.15, 0.2) is 6.61 Å². The highest BCUT2D eigenvalue weighted by Crippen LogP contribution is 2.19. The minimum absolute atomic E-state index is 0.155. The van der Waals surface area contributed by atoms with Crippen molar-refractivity contribution in [1.82, 2.24) is 10.2 Å². The molecule has 172 valence electrons. The van der Waals surface area contributed by atoms with Gasteiger partial charge >= 0.3 is 0 Å². The number of halogens is 1. The number of amides is 2. The van der Waals surface area contributed by atoms with Gasteiger partial charge < -0.3 is 19.7 Å². The minimum Gasteiger partial charge on any atom is -0.497 e. The Morgan fingerprint density at radius 2 is 1.81 bits per heavy atom. The second-order valence-electron chi connectivity index (χ2n) is 8.14. The first kappa shape index (κ1) is 23.6. The molecule has 0 aromatic heterocycles. The van der Waals surface area contributed by atoms with Crippen LogP contribution < -0.4 is 14.8 Å². The van der Waals surface area contributed by atoms with Gasteiger partial charge in [0.25, 0.3) is 5.91 Å². The Kier molecular flexibility index (Phi) is 8.48. The van der Waals surface area contributed by atoms with Crippen LogP contribution in [-0.4, -0.2) is 42.5 Å². The van der Waals surface area contributed by atoms with Crippen molar-refractivity contribution in [1.29, 1.82) is 0 Å². The van der Waals surface area contributed by atoms with Crippen LogP contribution in [0.1, 0.15) is 44.6 Å². The summed E-state index contributed by atoms with van der Waals surface area (Å²) < 4.78 is 24.0. The molecule has 32 heavy (non-hydrogen) atoms. The maximum atomic E-state index is 13.1. The van der Waals surface area contributed by atoms with Crippen LogP contribution in [0, 0.1) is 5.82 Å². The summed E-state index contributed by atoms with van der Waals surface area (Å²) in [5.41, 5.74) is 0.844. The summed E-state index contributed by atoms with van der Waals surface area (Å²) in [5.74, 6) is 0.187. The second kappa shape index (κ2) is 11.5. The van der Waals surface area contributed by atoms with Crippen molar-refractivity contribution in [3.8, 4) is 11.5 Å². The van der Waals surface area contributed by atoms with Crippen LogP contribution >= 0.6 is 0 Å². The molecule has 0 radical (unpaired) electrons. The van der Waals surface area contributed by atoms with E-state index in [4.69, 9.17) is 9.47 Å². The topological polar surface area (TPSA) is 67.9 Å². The highest BCUT2D eigenvalue weighted by atomic mass is 19.1. The van der Waals surface area contributed by atoms with Crippen LogP contribution in [0.2, 0.25) is 0 Å². The van der Waals surface area contributed by atoms with E-state index in [0.29, 0.717) is 11.5 Å². The first-order valence-corrected chi connectivity index (χ1v) is 11.1. The Hall–Kier alpha value is -3.09. The van der Waals surface area contributed by atoms with E-state index in [9.17, 15) is 14.0 Å². The molecular weight excluding hydrogens is 411 g/mol. The average molecular weight is 443 g/mol. The predicted molar refractivity (Wildman–Crippen MR) is 120 cm³/mol. The maximum absolute atomic E-state index is 13.1. The molecule has 3 rings (SSSR count). The number of carbonyl (C=O) groups excluding carboxylic acids is 2. The number of benzene rings is 2. The molecule has 0 aliphatic heterocycles. The van der Waals surface area contributed by atoms with Crippen LogP contribution in [0.3, 0.4) is 0 Å². The summed E-state index contributed by atoms with van der Waals surface area (Å²) in [5, 5.41) is 3.10. The second-order valence-corrected chi connectivity index (χ2v) is 8.14. The molecular formula is C25H31FN2O4.